The number of aromatic nitrogens is 3. The summed E-state index contributed by atoms with van der Waals surface area (Å²) in [5.74, 6) is 0.295. The van der Waals surface area contributed by atoms with Crippen molar-refractivity contribution in [3.8, 4) is 5.69 Å². The average molecular weight is 342 g/mol. The molecule has 25 heavy (non-hydrogen) atoms. The zero-order valence-electron chi connectivity index (χ0n) is 14.7. The fourth-order valence-electron chi connectivity index (χ4n) is 3.56. The first-order valence-corrected chi connectivity index (χ1v) is 9.08. The summed E-state index contributed by atoms with van der Waals surface area (Å²) >= 11 is 0. The van der Waals surface area contributed by atoms with E-state index < -0.39 is 0 Å². The molecule has 2 N–H and O–H groups in total. The fourth-order valence-corrected chi connectivity index (χ4v) is 3.56. The average Bonchev–Trinajstić information content (AvgIpc) is 3.02. The number of nitrogens with one attached hydrogen (secondary N) is 1. The van der Waals surface area contributed by atoms with E-state index >= 15 is 0 Å². The second-order valence-corrected chi connectivity index (χ2v) is 6.77. The Morgan fingerprint density at radius 3 is 2.84 bits per heavy atom. The van der Waals surface area contributed by atoms with Gasteiger partial charge in [-0.05, 0) is 50.7 Å². The zero-order valence-corrected chi connectivity index (χ0v) is 14.7. The molecule has 1 aliphatic carbocycles. The van der Waals surface area contributed by atoms with Gasteiger partial charge in [0.2, 0.25) is 0 Å². The Hall–Kier alpha value is -2.21. The molecule has 0 bridgehead atoms. The number of amides is 1. The minimum Gasteiger partial charge on any atom is -0.393 e. The lowest BCUT2D eigenvalue weighted by Gasteiger charge is -2.27. The van der Waals surface area contributed by atoms with E-state index in [1.165, 1.54) is 6.42 Å². The SMILES string of the molecule is Cc1c(C(=O)NCCCC2CCCCC2O)cnn1-c1ccncc1. The molecule has 2 atom stereocenters. The number of hydrogen-bond acceptors (Lipinski definition) is 4. The number of nitrogens with zero attached hydrogens (tertiary/aromatic N) is 3. The molecule has 0 aromatic carbocycles. The third-order valence-electron chi connectivity index (χ3n) is 5.07. The summed E-state index contributed by atoms with van der Waals surface area (Å²) in [7, 11) is 0. The van der Waals surface area contributed by atoms with Gasteiger partial charge < -0.3 is 10.4 Å². The summed E-state index contributed by atoms with van der Waals surface area (Å²) in [4.78, 5) is 16.4. The van der Waals surface area contributed by atoms with Gasteiger partial charge in [0.25, 0.3) is 5.91 Å². The number of carbonyl (C=O) groups excluding carboxylic acids is 1. The van der Waals surface area contributed by atoms with Gasteiger partial charge in [-0.3, -0.25) is 9.78 Å². The first kappa shape index (κ1) is 17.6. The Labute approximate surface area is 148 Å². The van der Waals surface area contributed by atoms with Crippen LogP contribution in [0.3, 0.4) is 0 Å². The minimum atomic E-state index is -0.162. The molecule has 6 heteroatoms. The van der Waals surface area contributed by atoms with Crippen LogP contribution in [0.15, 0.2) is 30.7 Å². The second-order valence-electron chi connectivity index (χ2n) is 6.77. The molecule has 2 heterocycles. The van der Waals surface area contributed by atoms with Gasteiger partial charge in [-0.15, -0.1) is 0 Å². The van der Waals surface area contributed by atoms with Crippen molar-refractivity contribution in [2.24, 2.45) is 5.92 Å². The first-order chi connectivity index (χ1) is 12.2. The van der Waals surface area contributed by atoms with Crippen LogP contribution in [0.2, 0.25) is 0 Å². The largest absolute Gasteiger partial charge is 0.393 e. The van der Waals surface area contributed by atoms with Crippen LogP contribution in [0.4, 0.5) is 0 Å². The van der Waals surface area contributed by atoms with Crippen molar-refractivity contribution in [1.82, 2.24) is 20.1 Å². The number of aliphatic hydroxyl groups is 1. The van der Waals surface area contributed by atoms with Gasteiger partial charge in [-0.25, -0.2) is 4.68 Å². The van der Waals surface area contributed by atoms with Crippen LogP contribution in [-0.2, 0) is 0 Å². The fraction of sp³-hybridized carbons (Fsp3) is 0.526. The number of rotatable bonds is 6. The molecular formula is C19H26N4O2. The Bertz CT molecular complexity index is 699. The van der Waals surface area contributed by atoms with E-state index in [2.05, 4.69) is 15.4 Å². The summed E-state index contributed by atoms with van der Waals surface area (Å²) in [6.45, 7) is 2.52. The molecule has 1 amide bonds. The Balaban J connectivity index is 1.51. The lowest BCUT2D eigenvalue weighted by molar-refractivity contribution is 0.0641. The molecule has 3 rings (SSSR count). The van der Waals surface area contributed by atoms with E-state index in [9.17, 15) is 9.90 Å². The van der Waals surface area contributed by atoms with Gasteiger partial charge in [0, 0.05) is 18.9 Å². The van der Waals surface area contributed by atoms with Crippen molar-refractivity contribution in [2.45, 2.75) is 51.6 Å². The molecule has 0 aliphatic heterocycles. The molecular weight excluding hydrogens is 316 g/mol. The van der Waals surface area contributed by atoms with E-state index in [0.717, 1.165) is 43.5 Å². The summed E-state index contributed by atoms with van der Waals surface area (Å²) in [6.07, 6.45) is 11.1. The molecule has 2 aromatic rings. The smallest absolute Gasteiger partial charge is 0.254 e. The Morgan fingerprint density at radius 1 is 1.32 bits per heavy atom. The van der Waals surface area contributed by atoms with Gasteiger partial charge in [0.15, 0.2) is 0 Å². The quantitative estimate of drug-likeness (QED) is 0.791. The standard InChI is InChI=1S/C19H26N4O2/c1-14-17(13-22-23(14)16-8-11-20-12-9-16)19(25)21-10-4-6-15-5-2-3-7-18(15)24/h8-9,11-13,15,18,24H,2-7,10H2,1H3,(H,21,25). The highest BCUT2D eigenvalue weighted by atomic mass is 16.3. The third-order valence-corrected chi connectivity index (χ3v) is 5.07. The van der Waals surface area contributed by atoms with Gasteiger partial charge >= 0.3 is 0 Å². The van der Waals surface area contributed by atoms with Crippen molar-refractivity contribution >= 4 is 5.91 Å². The van der Waals surface area contributed by atoms with Crippen LogP contribution in [0, 0.1) is 12.8 Å². The second kappa shape index (κ2) is 8.25. The van der Waals surface area contributed by atoms with E-state index in [4.69, 9.17) is 0 Å². The summed E-state index contributed by atoms with van der Waals surface area (Å²) in [5.41, 5.74) is 2.29. The summed E-state index contributed by atoms with van der Waals surface area (Å²) in [5, 5.41) is 17.3. The predicted octanol–water partition coefficient (Wildman–Crippen LogP) is 2.64. The number of aliphatic hydroxyl groups excluding tert-OH is 1. The maximum absolute atomic E-state index is 12.4. The van der Waals surface area contributed by atoms with Gasteiger partial charge in [0.05, 0.1) is 29.2 Å². The van der Waals surface area contributed by atoms with E-state index in [0.29, 0.717) is 18.0 Å². The van der Waals surface area contributed by atoms with Crippen LogP contribution in [0.1, 0.15) is 54.6 Å². The van der Waals surface area contributed by atoms with Gasteiger partial charge in [-0.2, -0.15) is 5.10 Å². The van der Waals surface area contributed by atoms with Crippen molar-refractivity contribution in [1.29, 1.82) is 0 Å². The summed E-state index contributed by atoms with van der Waals surface area (Å²) < 4.78 is 1.75. The lowest BCUT2D eigenvalue weighted by atomic mass is 9.83. The zero-order chi connectivity index (χ0) is 17.6. The molecule has 6 nitrogen and oxygen atoms in total. The number of hydrogen-bond donors (Lipinski definition) is 2. The third kappa shape index (κ3) is 4.25. The predicted molar refractivity (Wildman–Crippen MR) is 95.6 cm³/mol. The van der Waals surface area contributed by atoms with Gasteiger partial charge in [0.1, 0.15) is 0 Å². The molecule has 0 saturated heterocycles. The Kier molecular flexibility index (Phi) is 5.81. The van der Waals surface area contributed by atoms with Crippen LogP contribution >= 0.6 is 0 Å². The molecule has 0 spiro atoms. The van der Waals surface area contributed by atoms with Crippen LogP contribution in [0.5, 0.6) is 0 Å². The van der Waals surface area contributed by atoms with Crippen molar-refractivity contribution in [3.05, 3.63) is 42.0 Å². The highest BCUT2D eigenvalue weighted by molar-refractivity contribution is 5.95. The van der Waals surface area contributed by atoms with Gasteiger partial charge in [-0.1, -0.05) is 12.8 Å². The van der Waals surface area contributed by atoms with E-state index in [1.54, 1.807) is 23.3 Å². The van der Waals surface area contributed by atoms with Crippen molar-refractivity contribution in [2.75, 3.05) is 6.54 Å². The maximum atomic E-state index is 12.4. The first-order valence-electron chi connectivity index (χ1n) is 9.08. The van der Waals surface area contributed by atoms with Crippen molar-refractivity contribution in [3.63, 3.8) is 0 Å². The minimum absolute atomic E-state index is 0.0954. The molecule has 134 valence electrons. The Morgan fingerprint density at radius 2 is 2.08 bits per heavy atom. The topological polar surface area (TPSA) is 80.0 Å². The molecule has 0 radical (unpaired) electrons. The molecule has 1 fully saturated rings. The lowest BCUT2D eigenvalue weighted by Crippen LogP contribution is -2.28. The van der Waals surface area contributed by atoms with Crippen LogP contribution < -0.4 is 5.32 Å². The number of pyridine rings is 1. The highest BCUT2D eigenvalue weighted by Crippen LogP contribution is 2.27. The molecule has 2 aromatic heterocycles. The highest BCUT2D eigenvalue weighted by Gasteiger charge is 2.22. The molecule has 1 saturated carbocycles. The van der Waals surface area contributed by atoms with Crippen molar-refractivity contribution < 1.29 is 9.90 Å². The van der Waals surface area contributed by atoms with E-state index in [1.807, 2.05) is 19.1 Å². The normalized spacial score (nSPS) is 20.4. The monoisotopic (exact) mass is 342 g/mol. The maximum Gasteiger partial charge on any atom is 0.254 e. The van der Waals surface area contributed by atoms with E-state index in [-0.39, 0.29) is 12.0 Å². The molecule has 1 aliphatic rings. The van der Waals surface area contributed by atoms with Crippen LogP contribution in [0.25, 0.3) is 5.69 Å². The van der Waals surface area contributed by atoms with Crippen LogP contribution in [-0.4, -0.2) is 38.4 Å². The molecule has 2 unspecified atom stereocenters. The summed E-state index contributed by atoms with van der Waals surface area (Å²) in [6, 6.07) is 3.72. The number of carbonyl (C=O) groups is 1.